The van der Waals surface area contributed by atoms with Crippen LogP contribution in [0.5, 0.6) is 0 Å². The van der Waals surface area contributed by atoms with Crippen LogP contribution in [0.4, 0.5) is 0 Å². The Morgan fingerprint density at radius 1 is 1.22 bits per heavy atom. The Kier molecular flexibility index (Phi) is 2.78. The maximum Gasteiger partial charge on any atom is 0.158 e. The van der Waals surface area contributed by atoms with Crippen molar-refractivity contribution in [2.75, 3.05) is 18.1 Å². The molecule has 1 aliphatic carbocycles. The number of nitrogens with zero attached hydrogens (tertiary/aromatic N) is 2. The van der Waals surface area contributed by atoms with Gasteiger partial charge in [-0.3, -0.25) is 0 Å². The van der Waals surface area contributed by atoms with Gasteiger partial charge in [-0.1, -0.05) is 0 Å². The van der Waals surface area contributed by atoms with Gasteiger partial charge in [-0.05, 0) is 12.8 Å². The lowest BCUT2D eigenvalue weighted by Crippen LogP contribution is -2.19. The third kappa shape index (κ3) is 1.94. The van der Waals surface area contributed by atoms with Crippen molar-refractivity contribution >= 4 is 11.8 Å². The summed E-state index contributed by atoms with van der Waals surface area (Å²) in [4.78, 5) is 9.58. The Bertz CT molecular complexity index is 470. The summed E-state index contributed by atoms with van der Waals surface area (Å²) in [6.07, 6.45) is 2.69. The second-order valence-corrected chi connectivity index (χ2v) is 6.35. The minimum atomic E-state index is 0.104. The predicted octanol–water partition coefficient (Wildman–Crippen LogP) is 1.76. The molecule has 0 amide bonds. The highest BCUT2D eigenvalue weighted by atomic mass is 32.2. The van der Waals surface area contributed by atoms with Crippen molar-refractivity contribution in [3.05, 3.63) is 22.8 Å². The first kappa shape index (κ1) is 11.2. The van der Waals surface area contributed by atoms with Crippen molar-refractivity contribution in [2.45, 2.75) is 38.0 Å². The van der Waals surface area contributed by atoms with Crippen LogP contribution in [0.25, 0.3) is 0 Å². The molecule has 18 heavy (non-hydrogen) atoms. The van der Waals surface area contributed by atoms with E-state index in [9.17, 15) is 0 Å². The van der Waals surface area contributed by atoms with Crippen molar-refractivity contribution in [1.82, 2.24) is 15.3 Å². The molecule has 0 radical (unpaired) electrons. The lowest BCUT2D eigenvalue weighted by atomic mass is 10.1. The maximum absolute atomic E-state index is 5.81. The smallest absolute Gasteiger partial charge is 0.158 e. The molecule has 1 atom stereocenters. The zero-order chi connectivity index (χ0) is 11.9. The second-order valence-electron chi connectivity index (χ2n) is 5.20. The Labute approximate surface area is 111 Å². The summed E-state index contributed by atoms with van der Waals surface area (Å²) in [5, 5.41) is 3.39. The van der Waals surface area contributed by atoms with E-state index in [2.05, 4.69) is 5.32 Å². The fraction of sp³-hybridized carbons (Fsp3) is 0.692. The molecule has 3 aliphatic rings. The number of hydrogen-bond donors (Lipinski definition) is 1. The van der Waals surface area contributed by atoms with Gasteiger partial charge in [0.1, 0.15) is 6.10 Å². The Balaban J connectivity index is 1.72. The van der Waals surface area contributed by atoms with Crippen molar-refractivity contribution in [1.29, 1.82) is 0 Å². The molecule has 2 fully saturated rings. The predicted molar refractivity (Wildman–Crippen MR) is 70.6 cm³/mol. The molecule has 0 bridgehead atoms. The molecule has 5 heteroatoms. The van der Waals surface area contributed by atoms with E-state index in [1.807, 2.05) is 11.8 Å². The Morgan fingerprint density at radius 3 is 2.94 bits per heavy atom. The average molecular weight is 263 g/mol. The van der Waals surface area contributed by atoms with Crippen LogP contribution in [0, 0.1) is 0 Å². The summed E-state index contributed by atoms with van der Waals surface area (Å²) in [5.74, 6) is 3.71. The summed E-state index contributed by atoms with van der Waals surface area (Å²) in [6.45, 7) is 2.67. The number of aromatic nitrogens is 2. The van der Waals surface area contributed by atoms with Gasteiger partial charge in [0, 0.05) is 36.1 Å². The molecule has 1 unspecified atom stereocenters. The van der Waals surface area contributed by atoms with Crippen LogP contribution in [0.3, 0.4) is 0 Å². The first-order valence-electron chi connectivity index (χ1n) is 6.71. The molecule has 0 aromatic carbocycles. The Hall–Kier alpha value is -0.650. The highest BCUT2D eigenvalue weighted by Gasteiger charge is 2.32. The van der Waals surface area contributed by atoms with Crippen LogP contribution in [-0.2, 0) is 17.8 Å². The van der Waals surface area contributed by atoms with Gasteiger partial charge in [-0.25, -0.2) is 9.97 Å². The third-order valence-corrected chi connectivity index (χ3v) is 4.80. The van der Waals surface area contributed by atoms with Crippen LogP contribution in [0.15, 0.2) is 0 Å². The van der Waals surface area contributed by atoms with Crippen molar-refractivity contribution in [2.24, 2.45) is 0 Å². The van der Waals surface area contributed by atoms with Crippen molar-refractivity contribution in [3.63, 3.8) is 0 Å². The van der Waals surface area contributed by atoms with Gasteiger partial charge < -0.3 is 10.1 Å². The third-order valence-electron chi connectivity index (χ3n) is 3.80. The van der Waals surface area contributed by atoms with E-state index in [0.29, 0.717) is 5.92 Å². The highest BCUT2D eigenvalue weighted by molar-refractivity contribution is 7.99. The molecule has 0 spiro atoms. The van der Waals surface area contributed by atoms with Crippen LogP contribution in [0.1, 0.15) is 47.6 Å². The summed E-state index contributed by atoms with van der Waals surface area (Å²) in [7, 11) is 0. The molecule has 3 heterocycles. The van der Waals surface area contributed by atoms with E-state index in [-0.39, 0.29) is 6.10 Å². The van der Waals surface area contributed by atoms with E-state index in [0.717, 1.165) is 37.0 Å². The van der Waals surface area contributed by atoms with E-state index >= 15 is 0 Å². The first-order chi connectivity index (χ1) is 8.92. The van der Waals surface area contributed by atoms with Gasteiger partial charge >= 0.3 is 0 Å². The monoisotopic (exact) mass is 263 g/mol. The van der Waals surface area contributed by atoms with Crippen molar-refractivity contribution < 1.29 is 4.74 Å². The molecule has 1 saturated carbocycles. The fourth-order valence-electron chi connectivity index (χ4n) is 2.69. The van der Waals surface area contributed by atoms with Crippen LogP contribution >= 0.6 is 11.8 Å². The molecule has 4 rings (SSSR count). The molecular formula is C13H17N3OS. The molecule has 4 nitrogen and oxygen atoms in total. The van der Waals surface area contributed by atoms with Gasteiger partial charge in [0.15, 0.2) is 5.82 Å². The molecular weight excluding hydrogens is 246 g/mol. The SMILES string of the molecule is C1CSCC(c2nc3c(c(C4CC4)n2)CNC3)O1. The van der Waals surface area contributed by atoms with E-state index in [1.54, 1.807) is 0 Å². The quantitative estimate of drug-likeness (QED) is 0.881. The number of rotatable bonds is 2. The van der Waals surface area contributed by atoms with E-state index in [4.69, 9.17) is 14.7 Å². The molecule has 1 aromatic heterocycles. The molecule has 1 N–H and O–H groups in total. The van der Waals surface area contributed by atoms with Gasteiger partial charge in [0.25, 0.3) is 0 Å². The number of fused-ring (bicyclic) bond motifs is 1. The topological polar surface area (TPSA) is 47.0 Å². The second kappa shape index (κ2) is 4.47. The molecule has 1 saturated heterocycles. The Morgan fingerprint density at radius 2 is 2.17 bits per heavy atom. The van der Waals surface area contributed by atoms with Crippen LogP contribution in [0.2, 0.25) is 0 Å². The highest BCUT2D eigenvalue weighted by Crippen LogP contribution is 2.42. The molecule has 2 aliphatic heterocycles. The minimum Gasteiger partial charge on any atom is -0.368 e. The zero-order valence-electron chi connectivity index (χ0n) is 10.3. The minimum absolute atomic E-state index is 0.104. The molecule has 1 aromatic rings. The first-order valence-corrected chi connectivity index (χ1v) is 7.87. The van der Waals surface area contributed by atoms with Crippen molar-refractivity contribution in [3.8, 4) is 0 Å². The van der Waals surface area contributed by atoms with Gasteiger partial charge in [0.05, 0.1) is 18.0 Å². The lowest BCUT2D eigenvalue weighted by Gasteiger charge is -2.22. The number of hydrogen-bond acceptors (Lipinski definition) is 5. The van der Waals surface area contributed by atoms with Gasteiger partial charge in [-0.15, -0.1) is 0 Å². The summed E-state index contributed by atoms with van der Waals surface area (Å²) in [5.41, 5.74) is 3.88. The lowest BCUT2D eigenvalue weighted by molar-refractivity contribution is 0.0691. The van der Waals surface area contributed by atoms with Gasteiger partial charge in [-0.2, -0.15) is 11.8 Å². The summed E-state index contributed by atoms with van der Waals surface area (Å²) in [6, 6.07) is 0. The zero-order valence-corrected chi connectivity index (χ0v) is 11.1. The average Bonchev–Trinajstić information content (AvgIpc) is 3.16. The van der Waals surface area contributed by atoms with E-state index < -0.39 is 0 Å². The maximum atomic E-state index is 5.81. The number of thioether (sulfide) groups is 1. The number of ether oxygens (including phenoxy) is 1. The van der Waals surface area contributed by atoms with Gasteiger partial charge in [0.2, 0.25) is 0 Å². The molecule has 96 valence electrons. The standard InChI is InChI=1S/C13H17N3OS/c1-2-8(1)12-9-5-14-6-10(9)15-13(16-12)11-7-18-4-3-17-11/h8,11,14H,1-7H2. The summed E-state index contributed by atoms with van der Waals surface area (Å²) < 4.78 is 5.81. The largest absolute Gasteiger partial charge is 0.368 e. The van der Waals surface area contributed by atoms with E-state index in [1.165, 1.54) is 29.8 Å². The fourth-order valence-corrected chi connectivity index (χ4v) is 3.53. The van der Waals surface area contributed by atoms with Crippen LogP contribution in [-0.4, -0.2) is 28.1 Å². The summed E-state index contributed by atoms with van der Waals surface area (Å²) >= 11 is 1.94. The normalized spacial score (nSPS) is 27.2. The number of nitrogens with one attached hydrogen (secondary N) is 1. The van der Waals surface area contributed by atoms with Crippen LogP contribution < -0.4 is 5.32 Å².